The molecule has 0 saturated heterocycles. The molecular weight excluding hydrogens is 320 g/mol. The standard InChI is InChI=1S/C16H15ClN2O4/c17-12-5-4-9(10(8-18)7-15(20)21)6-11(12)13-2-1-3-14(19-13)16(22)23/h1-6,10H,7-8,18H2,(H,20,21)(H,22,23). The number of nitrogens with zero attached hydrogens (tertiary/aromatic N) is 1. The number of benzene rings is 1. The number of rotatable bonds is 6. The van der Waals surface area contributed by atoms with Crippen molar-refractivity contribution in [1.82, 2.24) is 4.98 Å². The van der Waals surface area contributed by atoms with Crippen LogP contribution in [0.4, 0.5) is 0 Å². The molecule has 1 aromatic heterocycles. The van der Waals surface area contributed by atoms with Crippen LogP contribution in [0.15, 0.2) is 36.4 Å². The van der Waals surface area contributed by atoms with Gasteiger partial charge in [-0.3, -0.25) is 4.79 Å². The van der Waals surface area contributed by atoms with E-state index in [0.717, 1.165) is 5.56 Å². The monoisotopic (exact) mass is 334 g/mol. The Labute approximate surface area is 137 Å². The minimum Gasteiger partial charge on any atom is -0.481 e. The highest BCUT2D eigenvalue weighted by molar-refractivity contribution is 6.33. The van der Waals surface area contributed by atoms with E-state index in [1.54, 1.807) is 30.3 Å². The summed E-state index contributed by atoms with van der Waals surface area (Å²) in [6.45, 7) is 0.177. The molecule has 1 unspecified atom stereocenters. The Hall–Kier alpha value is -2.44. The summed E-state index contributed by atoms with van der Waals surface area (Å²) < 4.78 is 0. The normalized spacial score (nSPS) is 11.9. The van der Waals surface area contributed by atoms with Crippen molar-refractivity contribution in [3.8, 4) is 11.3 Å². The van der Waals surface area contributed by atoms with Gasteiger partial charge in [-0.25, -0.2) is 9.78 Å². The number of halogens is 1. The van der Waals surface area contributed by atoms with Gasteiger partial charge in [-0.1, -0.05) is 23.7 Å². The Bertz CT molecular complexity index is 749. The minimum absolute atomic E-state index is 0.0927. The van der Waals surface area contributed by atoms with Gasteiger partial charge in [0.15, 0.2) is 0 Å². The zero-order chi connectivity index (χ0) is 17.0. The van der Waals surface area contributed by atoms with E-state index < -0.39 is 11.9 Å². The lowest BCUT2D eigenvalue weighted by molar-refractivity contribution is -0.137. The third-order valence-corrected chi connectivity index (χ3v) is 3.74. The molecule has 4 N–H and O–H groups in total. The van der Waals surface area contributed by atoms with Crippen molar-refractivity contribution in [1.29, 1.82) is 0 Å². The van der Waals surface area contributed by atoms with Gasteiger partial charge in [0.1, 0.15) is 5.69 Å². The molecule has 0 fully saturated rings. The second kappa shape index (κ2) is 7.21. The summed E-state index contributed by atoms with van der Waals surface area (Å²) in [6, 6.07) is 9.66. The van der Waals surface area contributed by atoms with Crippen molar-refractivity contribution in [3.63, 3.8) is 0 Å². The van der Waals surface area contributed by atoms with Crippen molar-refractivity contribution in [2.24, 2.45) is 5.73 Å². The number of carboxylic acid groups (broad SMARTS) is 2. The van der Waals surface area contributed by atoms with E-state index in [2.05, 4.69) is 4.98 Å². The Kier molecular flexibility index (Phi) is 5.31. The molecule has 120 valence electrons. The van der Waals surface area contributed by atoms with Gasteiger partial charge in [0.25, 0.3) is 0 Å². The predicted octanol–water partition coefficient (Wildman–Crippen LogP) is 2.62. The molecule has 1 aromatic carbocycles. The SMILES string of the molecule is NCC(CC(=O)O)c1ccc(Cl)c(-c2cccc(C(=O)O)n2)c1. The van der Waals surface area contributed by atoms with Crippen molar-refractivity contribution < 1.29 is 19.8 Å². The van der Waals surface area contributed by atoms with Gasteiger partial charge in [-0.15, -0.1) is 0 Å². The summed E-state index contributed by atoms with van der Waals surface area (Å²) in [5.74, 6) is -2.43. The van der Waals surface area contributed by atoms with Gasteiger partial charge >= 0.3 is 11.9 Å². The van der Waals surface area contributed by atoms with Gasteiger partial charge in [0, 0.05) is 16.5 Å². The molecule has 2 aromatic rings. The molecule has 0 aliphatic rings. The van der Waals surface area contributed by atoms with Crippen LogP contribution in [0.25, 0.3) is 11.3 Å². The molecule has 0 spiro atoms. The number of nitrogens with two attached hydrogens (primary N) is 1. The van der Waals surface area contributed by atoms with E-state index in [9.17, 15) is 9.59 Å². The fourth-order valence-corrected chi connectivity index (χ4v) is 2.46. The van der Waals surface area contributed by atoms with Crippen LogP contribution >= 0.6 is 11.6 Å². The first kappa shape index (κ1) is 16.9. The molecule has 0 radical (unpaired) electrons. The third-order valence-electron chi connectivity index (χ3n) is 3.41. The highest BCUT2D eigenvalue weighted by Crippen LogP contribution is 2.31. The van der Waals surface area contributed by atoms with Crippen LogP contribution in [0.1, 0.15) is 28.4 Å². The maximum absolute atomic E-state index is 11.0. The van der Waals surface area contributed by atoms with Crippen LogP contribution in [-0.4, -0.2) is 33.7 Å². The van der Waals surface area contributed by atoms with Crippen molar-refractivity contribution in [3.05, 3.63) is 52.7 Å². The van der Waals surface area contributed by atoms with Gasteiger partial charge in [0.05, 0.1) is 12.1 Å². The van der Waals surface area contributed by atoms with Crippen LogP contribution < -0.4 is 5.73 Å². The molecule has 0 bridgehead atoms. The maximum Gasteiger partial charge on any atom is 0.354 e. The first-order valence-corrected chi connectivity index (χ1v) is 7.22. The number of aromatic carboxylic acids is 1. The van der Waals surface area contributed by atoms with Crippen molar-refractivity contribution in [2.45, 2.75) is 12.3 Å². The van der Waals surface area contributed by atoms with Gasteiger partial charge in [-0.05, 0) is 36.4 Å². The Balaban J connectivity index is 2.47. The molecule has 0 saturated carbocycles. The van der Waals surface area contributed by atoms with Crippen LogP contribution in [0.2, 0.25) is 5.02 Å². The van der Waals surface area contributed by atoms with Crippen LogP contribution in [0.3, 0.4) is 0 Å². The molecule has 1 heterocycles. The van der Waals surface area contributed by atoms with E-state index >= 15 is 0 Å². The van der Waals surface area contributed by atoms with E-state index in [0.29, 0.717) is 16.3 Å². The first-order chi connectivity index (χ1) is 10.9. The first-order valence-electron chi connectivity index (χ1n) is 6.84. The average Bonchev–Trinajstić information content (AvgIpc) is 2.53. The Morgan fingerprint density at radius 1 is 1.22 bits per heavy atom. The van der Waals surface area contributed by atoms with Crippen molar-refractivity contribution >= 4 is 23.5 Å². The topological polar surface area (TPSA) is 114 Å². The summed E-state index contributed by atoms with van der Waals surface area (Å²) in [6.07, 6.45) is -0.0971. The highest BCUT2D eigenvalue weighted by atomic mass is 35.5. The smallest absolute Gasteiger partial charge is 0.354 e. The Morgan fingerprint density at radius 3 is 2.57 bits per heavy atom. The van der Waals surface area contributed by atoms with Crippen LogP contribution in [0, 0.1) is 0 Å². The molecule has 7 heteroatoms. The molecule has 0 amide bonds. The number of aromatic nitrogens is 1. The largest absolute Gasteiger partial charge is 0.481 e. The summed E-state index contributed by atoms with van der Waals surface area (Å²) in [5, 5.41) is 18.4. The third kappa shape index (κ3) is 4.06. The summed E-state index contributed by atoms with van der Waals surface area (Å²) in [7, 11) is 0. The average molecular weight is 335 g/mol. The van der Waals surface area contributed by atoms with Gasteiger partial charge in [-0.2, -0.15) is 0 Å². The van der Waals surface area contributed by atoms with Crippen LogP contribution in [0.5, 0.6) is 0 Å². The number of aliphatic carboxylic acids is 1. The molecular formula is C16H15ClN2O4. The summed E-state index contributed by atoms with van der Waals surface area (Å²) >= 11 is 6.18. The molecule has 0 aliphatic heterocycles. The number of carbonyl (C=O) groups is 2. The molecule has 23 heavy (non-hydrogen) atoms. The molecule has 0 aliphatic carbocycles. The van der Waals surface area contributed by atoms with E-state index in [1.165, 1.54) is 6.07 Å². The summed E-state index contributed by atoms with van der Waals surface area (Å²) in [5.41, 5.74) is 7.22. The number of pyridine rings is 1. The fourth-order valence-electron chi connectivity index (χ4n) is 2.24. The van der Waals surface area contributed by atoms with E-state index in [1.807, 2.05) is 0 Å². The lowest BCUT2D eigenvalue weighted by atomic mass is 9.93. The quantitative estimate of drug-likeness (QED) is 0.748. The molecule has 6 nitrogen and oxygen atoms in total. The fraction of sp³-hybridized carbons (Fsp3) is 0.188. The van der Waals surface area contributed by atoms with Crippen molar-refractivity contribution in [2.75, 3.05) is 6.54 Å². The van der Waals surface area contributed by atoms with E-state index in [4.69, 9.17) is 27.5 Å². The molecule has 1 atom stereocenters. The molecule has 2 rings (SSSR count). The lowest BCUT2D eigenvalue weighted by Gasteiger charge is -2.15. The predicted molar refractivity (Wildman–Crippen MR) is 85.7 cm³/mol. The number of carboxylic acids is 2. The zero-order valence-electron chi connectivity index (χ0n) is 12.1. The second-order valence-electron chi connectivity index (χ2n) is 4.98. The second-order valence-corrected chi connectivity index (χ2v) is 5.39. The Morgan fingerprint density at radius 2 is 1.96 bits per heavy atom. The van der Waals surface area contributed by atoms with Gasteiger partial charge < -0.3 is 15.9 Å². The number of hydrogen-bond acceptors (Lipinski definition) is 4. The lowest BCUT2D eigenvalue weighted by Crippen LogP contribution is -2.16. The van der Waals surface area contributed by atoms with E-state index in [-0.39, 0.29) is 24.6 Å². The minimum atomic E-state index is -1.13. The maximum atomic E-state index is 11.0. The highest BCUT2D eigenvalue weighted by Gasteiger charge is 2.17. The zero-order valence-corrected chi connectivity index (χ0v) is 12.8. The van der Waals surface area contributed by atoms with Gasteiger partial charge in [0.2, 0.25) is 0 Å². The summed E-state index contributed by atoms with van der Waals surface area (Å²) in [4.78, 5) is 26.0. The van der Waals surface area contributed by atoms with Crippen LogP contribution in [-0.2, 0) is 4.79 Å². The number of hydrogen-bond donors (Lipinski definition) is 3.